The number of carbonyl (C=O) groups is 2. The van der Waals surface area contributed by atoms with Gasteiger partial charge in [-0.05, 0) is 118 Å². The Kier molecular flexibility index (Phi) is 22.2. The molecule has 17 heteroatoms. The highest BCUT2D eigenvalue weighted by Crippen LogP contribution is 2.32. The fourth-order valence-electron chi connectivity index (χ4n) is 8.92. The molecular weight excluding hydrogens is 929 g/mol. The topological polar surface area (TPSA) is 214 Å². The lowest BCUT2D eigenvalue weighted by Crippen LogP contribution is -2.44. The zero-order valence-electron chi connectivity index (χ0n) is 42.7. The predicted molar refractivity (Wildman–Crippen MR) is 293 cm³/mol. The van der Waals surface area contributed by atoms with Crippen molar-refractivity contribution in [1.29, 1.82) is 0 Å². The maximum atomic E-state index is 13.1. The fraction of sp³-hybridized carbons (Fsp3) is 0.455. The number of likely N-dealkylation sites (N-methyl/N-ethyl adjacent to an activating group) is 1. The largest absolute Gasteiger partial charge is 0.495 e. The van der Waals surface area contributed by atoms with Gasteiger partial charge in [0, 0.05) is 76.7 Å². The maximum Gasteiger partial charge on any atom is 0.261 e. The van der Waals surface area contributed by atoms with Crippen LogP contribution in [0.5, 0.6) is 5.75 Å². The summed E-state index contributed by atoms with van der Waals surface area (Å²) in [5, 5.41) is 11.1. The highest BCUT2D eigenvalue weighted by molar-refractivity contribution is 7.98. The molecule has 4 aromatic carbocycles. The molecule has 1 fully saturated rings. The summed E-state index contributed by atoms with van der Waals surface area (Å²) in [6, 6.07) is 23.7. The first-order chi connectivity index (χ1) is 35.0. The molecule has 0 radical (unpaired) electrons. The molecule has 0 atom stereocenters. The number of fused-ring (bicyclic) bond motifs is 1. The van der Waals surface area contributed by atoms with Gasteiger partial charge < -0.3 is 61.3 Å². The summed E-state index contributed by atoms with van der Waals surface area (Å²) in [6.45, 7) is 9.40. The lowest BCUT2D eigenvalue weighted by atomic mass is 9.93. The van der Waals surface area contributed by atoms with E-state index in [0.29, 0.717) is 94.1 Å². The average Bonchev–Trinajstić information content (AvgIpc) is 3.76. The number of hydrazine groups is 1. The normalized spacial score (nSPS) is 13.9. The molecule has 5 aromatic rings. The molecule has 7 rings (SSSR count). The summed E-state index contributed by atoms with van der Waals surface area (Å²) in [5.41, 5.74) is 24.4. The van der Waals surface area contributed by atoms with Crippen molar-refractivity contribution in [2.75, 3.05) is 116 Å². The number of aromatic nitrogens is 1. The smallest absolute Gasteiger partial charge is 0.261 e. The number of rotatable bonds is 26. The van der Waals surface area contributed by atoms with E-state index in [1.54, 1.807) is 48.3 Å². The molecule has 1 aromatic heterocycles. The van der Waals surface area contributed by atoms with Gasteiger partial charge in [0.05, 0.1) is 82.3 Å². The monoisotopic (exact) mass is 1000 g/mol. The van der Waals surface area contributed by atoms with Crippen LogP contribution in [0.1, 0.15) is 78.3 Å². The maximum absolute atomic E-state index is 13.1. The Labute approximate surface area is 430 Å². The van der Waals surface area contributed by atoms with Crippen molar-refractivity contribution in [3.05, 3.63) is 102 Å². The minimum atomic E-state index is -0.308. The van der Waals surface area contributed by atoms with Crippen LogP contribution in [0.15, 0.2) is 89.6 Å². The molecule has 1 aliphatic carbocycles. The first kappa shape index (κ1) is 55.3. The van der Waals surface area contributed by atoms with Crippen molar-refractivity contribution >= 4 is 62.3 Å². The summed E-state index contributed by atoms with van der Waals surface area (Å²) in [7, 11) is 3.62. The van der Waals surface area contributed by atoms with Gasteiger partial charge in [-0.15, -0.1) is 11.8 Å². The Morgan fingerprint density at radius 3 is 2.33 bits per heavy atom. The van der Waals surface area contributed by atoms with Crippen LogP contribution in [0.3, 0.4) is 0 Å². The minimum absolute atomic E-state index is 0.274. The van der Waals surface area contributed by atoms with Gasteiger partial charge in [-0.25, -0.2) is 5.84 Å². The van der Waals surface area contributed by atoms with Gasteiger partial charge in [-0.2, -0.15) is 0 Å². The third kappa shape index (κ3) is 16.0. The fourth-order valence-corrected chi connectivity index (χ4v) is 9.35. The van der Waals surface area contributed by atoms with Crippen molar-refractivity contribution < 1.29 is 28.5 Å². The predicted octanol–water partition coefficient (Wildman–Crippen LogP) is 7.12. The third-order valence-electron chi connectivity index (χ3n) is 12.8. The van der Waals surface area contributed by atoms with Crippen LogP contribution in [0.25, 0.3) is 21.7 Å². The van der Waals surface area contributed by atoms with Gasteiger partial charge in [0.1, 0.15) is 5.75 Å². The molecule has 0 bridgehead atoms. The Morgan fingerprint density at radius 1 is 0.875 bits per heavy atom. The van der Waals surface area contributed by atoms with Crippen molar-refractivity contribution in [1.82, 2.24) is 24.7 Å². The number of methoxy groups -OCH3 is 1. The number of hydrogen-bond donors (Lipinski definition) is 6. The quantitative estimate of drug-likeness (QED) is 0.00619. The number of aryl methyl sites for hydroxylation is 1. The van der Waals surface area contributed by atoms with Gasteiger partial charge in [-0.1, -0.05) is 43.4 Å². The number of amides is 2. The molecule has 2 heterocycles. The van der Waals surface area contributed by atoms with E-state index in [0.717, 1.165) is 70.7 Å². The summed E-state index contributed by atoms with van der Waals surface area (Å²) in [6.07, 6.45) is 12.3. The van der Waals surface area contributed by atoms with Crippen LogP contribution in [0.4, 0.5) is 17.1 Å². The van der Waals surface area contributed by atoms with Crippen LogP contribution >= 0.6 is 11.8 Å². The second kappa shape index (κ2) is 28.9. The first-order valence-electron chi connectivity index (χ1n) is 25.1. The van der Waals surface area contributed by atoms with Gasteiger partial charge >= 0.3 is 0 Å². The molecular formula is C55H76N10O6S. The number of carbonyl (C=O) groups excluding carboxylic acids is 2. The van der Waals surface area contributed by atoms with E-state index in [9.17, 15) is 9.59 Å². The summed E-state index contributed by atoms with van der Waals surface area (Å²) in [4.78, 5) is 30.7. The number of benzene rings is 4. The zero-order valence-corrected chi connectivity index (χ0v) is 43.5. The number of allylic oxidation sites excluding steroid dienone is 1. The van der Waals surface area contributed by atoms with E-state index in [-0.39, 0.29) is 18.4 Å². The van der Waals surface area contributed by atoms with Crippen molar-refractivity contribution in [3.63, 3.8) is 0 Å². The molecule has 0 saturated heterocycles. The summed E-state index contributed by atoms with van der Waals surface area (Å²) < 4.78 is 24.5. The van der Waals surface area contributed by atoms with E-state index in [1.807, 2.05) is 54.6 Å². The van der Waals surface area contributed by atoms with Crippen molar-refractivity contribution in [3.8, 4) is 17.6 Å². The first-order valence-corrected chi connectivity index (χ1v) is 26.4. The van der Waals surface area contributed by atoms with Crippen LogP contribution in [-0.4, -0.2) is 137 Å². The molecule has 1 aliphatic heterocycles. The highest BCUT2D eigenvalue weighted by Gasteiger charge is 2.33. The standard InChI is InChI=1S/C34H53N7O5.C21H23N3OS/c1-39(13-14-41-33(42)30-11-5-7-26-23-28(36)24-31(32(26)30)34(41)43)15-17-44-19-21-46-22-20-45-18-16-40(37)25-27(35)8-6-12-38-29-9-3-2-4-10-29;1-4-24-15(13-17-18(22)8-5-9-20(17)24)7-6-12-23-19-11-10-16(26-3)14-21(19)25-2/h5,7,11,23-25,29,38H,2-4,6,8-10,12-22,35-37H2,1H3;5,8-11,13-14,23H,4,12,22H2,1-3H3/b27-25-;. The summed E-state index contributed by atoms with van der Waals surface area (Å²) >= 11 is 1.69. The lowest BCUT2D eigenvalue weighted by molar-refractivity contribution is 0.00927. The molecule has 0 spiro atoms. The number of nitrogen functional groups attached to an aromatic ring is 2. The number of anilines is 3. The molecule has 10 N–H and O–H groups in total. The van der Waals surface area contributed by atoms with E-state index < -0.39 is 0 Å². The lowest BCUT2D eigenvalue weighted by Gasteiger charge is -2.29. The van der Waals surface area contributed by atoms with Crippen LogP contribution in [0, 0.1) is 11.8 Å². The number of nitrogens with two attached hydrogens (primary N) is 4. The molecule has 0 unspecified atom stereocenters. The summed E-state index contributed by atoms with van der Waals surface area (Å²) in [5.74, 6) is 12.7. The van der Waals surface area contributed by atoms with Crippen LogP contribution in [-0.2, 0) is 20.8 Å². The minimum Gasteiger partial charge on any atom is -0.495 e. The van der Waals surface area contributed by atoms with Crippen LogP contribution < -0.4 is 38.4 Å². The second-order valence-corrected chi connectivity index (χ2v) is 18.9. The molecule has 72 heavy (non-hydrogen) atoms. The van der Waals surface area contributed by atoms with E-state index in [4.69, 9.17) is 42.0 Å². The van der Waals surface area contributed by atoms with Gasteiger partial charge in [0.15, 0.2) is 0 Å². The highest BCUT2D eigenvalue weighted by atomic mass is 32.2. The number of ether oxygens (including phenoxy) is 4. The van der Waals surface area contributed by atoms with Gasteiger partial charge in [-0.3, -0.25) is 14.5 Å². The number of nitrogens with zero attached hydrogens (tertiary/aromatic N) is 4. The number of hydrogen-bond acceptors (Lipinski definition) is 15. The number of imide groups is 1. The molecule has 16 nitrogen and oxygen atoms in total. The third-order valence-corrected chi connectivity index (χ3v) is 13.5. The number of thioether (sulfide) groups is 1. The van der Waals surface area contributed by atoms with E-state index in [2.05, 4.69) is 52.2 Å². The SMILES string of the molecule is CCn1c(C#CCNc2ccc(SC)cc2OC)cc2c(N)cccc21.CN(CCOCCOCCOCCN(N)/C=C(\N)CCCNC1CCCCC1)CCN1C(=O)c2cccc3cc(N)cc(c23)C1=O. The second-order valence-electron chi connectivity index (χ2n) is 18.0. The number of nitrogens with one attached hydrogen (secondary N) is 2. The Bertz CT molecular complexity index is 2640. The van der Waals surface area contributed by atoms with E-state index >= 15 is 0 Å². The average molecular weight is 1010 g/mol. The molecule has 388 valence electrons. The van der Waals surface area contributed by atoms with Gasteiger partial charge in [0.2, 0.25) is 0 Å². The van der Waals surface area contributed by atoms with Crippen molar-refractivity contribution in [2.45, 2.75) is 69.4 Å². The molecule has 2 amide bonds. The van der Waals surface area contributed by atoms with Gasteiger partial charge in [0.25, 0.3) is 11.8 Å². The molecule has 2 aliphatic rings. The Balaban J connectivity index is 0.000000274. The molecule has 1 saturated carbocycles. The van der Waals surface area contributed by atoms with E-state index in [1.165, 1.54) is 41.9 Å². The Hall–Kier alpha value is -5.97. The van der Waals surface area contributed by atoms with Crippen LogP contribution in [0.2, 0.25) is 0 Å². The zero-order chi connectivity index (χ0) is 51.2. The van der Waals surface area contributed by atoms with Crippen molar-refractivity contribution in [2.24, 2.45) is 11.6 Å². The Morgan fingerprint density at radius 2 is 1.60 bits per heavy atom.